The smallest absolute Gasteiger partial charge is 0.305 e. The monoisotopic (exact) mass is 499 g/mol. The Morgan fingerprint density at radius 1 is 0.946 bits per heavy atom. The van der Waals surface area contributed by atoms with E-state index in [1.165, 1.54) is 7.11 Å². The Bertz CT molecular complexity index is 1510. The molecule has 3 aromatic carbocycles. The third kappa shape index (κ3) is 5.50. The third-order valence-electron chi connectivity index (χ3n) is 6.60. The topological polar surface area (TPSA) is 97.3 Å². The van der Waals surface area contributed by atoms with E-state index in [1.54, 1.807) is 16.7 Å². The molecule has 0 atom stereocenters. The van der Waals surface area contributed by atoms with Gasteiger partial charge < -0.3 is 19.0 Å². The fourth-order valence-electron chi connectivity index (χ4n) is 4.57. The Balaban J connectivity index is 1.74. The maximum Gasteiger partial charge on any atom is 0.305 e. The number of carbonyl (C=O) groups is 2. The molecule has 0 spiro atoms. The lowest BCUT2D eigenvalue weighted by Crippen LogP contribution is -2.28. The van der Waals surface area contributed by atoms with Gasteiger partial charge in [-0.25, -0.2) is 0 Å². The average molecular weight is 500 g/mol. The number of ketones is 1. The molecule has 0 radical (unpaired) electrons. The number of phenolic OH excluding ortho intramolecular Hbond substituents is 1. The largest absolute Gasteiger partial charge is 0.507 e. The third-order valence-corrected chi connectivity index (χ3v) is 6.60. The summed E-state index contributed by atoms with van der Waals surface area (Å²) in [6.07, 6.45) is 0.361. The van der Waals surface area contributed by atoms with Gasteiger partial charge >= 0.3 is 5.97 Å². The number of rotatable bonds is 8. The number of nitrogens with zero attached hydrogens (tertiary/aromatic N) is 2. The van der Waals surface area contributed by atoms with Crippen molar-refractivity contribution in [3.05, 3.63) is 94.6 Å². The van der Waals surface area contributed by atoms with E-state index in [9.17, 15) is 14.7 Å². The number of esters is 1. The van der Waals surface area contributed by atoms with Crippen LogP contribution in [0.15, 0.2) is 66.7 Å². The maximum absolute atomic E-state index is 13.6. The summed E-state index contributed by atoms with van der Waals surface area (Å²) >= 11 is 0. The standard InChI is InChI=1S/C30H33N3O4/c1-30(2,3)23-17-22(16-21(28(23)36)14-15-27(35)37-4)26(34)19-33-25-13-9-8-12-24(25)32(29(33)31)18-20-10-6-5-7-11-20/h5-13,16-17,31,36H,14-15,18-19H2,1-4H3. The second-order valence-electron chi connectivity index (χ2n) is 10.3. The highest BCUT2D eigenvalue weighted by Gasteiger charge is 2.24. The highest BCUT2D eigenvalue weighted by molar-refractivity contribution is 5.97. The summed E-state index contributed by atoms with van der Waals surface area (Å²) in [6.45, 7) is 6.40. The predicted octanol–water partition coefficient (Wildman–Crippen LogP) is 4.96. The molecule has 0 aliphatic rings. The minimum atomic E-state index is -0.417. The van der Waals surface area contributed by atoms with Crippen LogP contribution >= 0.6 is 0 Å². The molecule has 0 bridgehead atoms. The van der Waals surface area contributed by atoms with Gasteiger partial charge in [0.25, 0.3) is 0 Å². The molecule has 0 aliphatic carbocycles. The molecule has 2 N–H and O–H groups in total. The molecule has 0 fully saturated rings. The Kier molecular flexibility index (Phi) is 7.34. The van der Waals surface area contributed by atoms with Crippen LogP contribution in [0.1, 0.15) is 54.2 Å². The molecular formula is C30H33N3O4. The van der Waals surface area contributed by atoms with Gasteiger partial charge in [-0.05, 0) is 47.2 Å². The Hall–Kier alpha value is -4.13. The summed E-state index contributed by atoms with van der Waals surface area (Å²) < 4.78 is 8.37. The van der Waals surface area contributed by atoms with Gasteiger partial charge in [-0.2, -0.15) is 0 Å². The number of aryl methyl sites for hydroxylation is 1. The SMILES string of the molecule is COC(=O)CCc1cc(C(=O)Cn2c(=N)n(Cc3ccccc3)c3ccccc32)cc(C(C)(C)C)c1O. The van der Waals surface area contributed by atoms with Gasteiger partial charge in [-0.3, -0.25) is 15.0 Å². The van der Waals surface area contributed by atoms with Crippen LogP contribution in [-0.4, -0.2) is 33.1 Å². The van der Waals surface area contributed by atoms with Crippen molar-refractivity contribution in [2.45, 2.75) is 52.1 Å². The summed E-state index contributed by atoms with van der Waals surface area (Å²) in [5, 5.41) is 19.8. The summed E-state index contributed by atoms with van der Waals surface area (Å²) in [6, 6.07) is 21.0. The fraction of sp³-hybridized carbons (Fsp3) is 0.300. The van der Waals surface area contributed by atoms with Crippen molar-refractivity contribution in [2.75, 3.05) is 7.11 Å². The van der Waals surface area contributed by atoms with E-state index < -0.39 is 5.41 Å². The van der Waals surface area contributed by atoms with Crippen LogP contribution in [0.4, 0.5) is 0 Å². The average Bonchev–Trinajstić information content (AvgIpc) is 3.13. The van der Waals surface area contributed by atoms with Gasteiger partial charge in [0.1, 0.15) is 5.75 Å². The molecule has 7 nitrogen and oxygen atoms in total. The number of aromatic hydroxyl groups is 1. The van der Waals surface area contributed by atoms with Gasteiger partial charge in [0, 0.05) is 17.5 Å². The highest BCUT2D eigenvalue weighted by atomic mass is 16.5. The second kappa shape index (κ2) is 10.5. The predicted molar refractivity (Wildman–Crippen MR) is 143 cm³/mol. The van der Waals surface area contributed by atoms with Crippen LogP contribution in [0.25, 0.3) is 11.0 Å². The van der Waals surface area contributed by atoms with Crippen LogP contribution in [0.2, 0.25) is 0 Å². The second-order valence-corrected chi connectivity index (χ2v) is 10.3. The number of nitrogens with one attached hydrogen (secondary N) is 1. The molecule has 0 saturated heterocycles. The van der Waals surface area contributed by atoms with E-state index in [4.69, 9.17) is 10.1 Å². The van der Waals surface area contributed by atoms with E-state index in [-0.39, 0.29) is 42.5 Å². The van der Waals surface area contributed by atoms with E-state index in [2.05, 4.69) is 0 Å². The number of ether oxygens (including phenoxy) is 1. The number of hydrogen-bond donors (Lipinski definition) is 2. The summed E-state index contributed by atoms with van der Waals surface area (Å²) in [4.78, 5) is 25.4. The van der Waals surface area contributed by atoms with E-state index in [0.29, 0.717) is 23.2 Å². The van der Waals surface area contributed by atoms with Crippen molar-refractivity contribution in [1.29, 1.82) is 5.41 Å². The molecule has 4 aromatic rings. The Labute approximate surface area is 216 Å². The van der Waals surface area contributed by atoms with Crippen molar-refractivity contribution in [1.82, 2.24) is 9.13 Å². The van der Waals surface area contributed by atoms with Crippen LogP contribution < -0.4 is 5.62 Å². The molecule has 7 heteroatoms. The highest BCUT2D eigenvalue weighted by Crippen LogP contribution is 2.35. The number of imidazole rings is 1. The number of fused-ring (bicyclic) bond motifs is 1. The number of phenols is 1. The molecule has 1 aromatic heterocycles. The van der Waals surface area contributed by atoms with Crippen molar-refractivity contribution < 1.29 is 19.4 Å². The zero-order valence-corrected chi connectivity index (χ0v) is 21.7. The number of hydrogen-bond acceptors (Lipinski definition) is 5. The molecule has 192 valence electrons. The summed E-state index contributed by atoms with van der Waals surface area (Å²) in [5.74, 6) is -0.457. The van der Waals surface area contributed by atoms with Gasteiger partial charge in [0.15, 0.2) is 5.78 Å². The normalized spacial score (nSPS) is 11.6. The lowest BCUT2D eigenvalue weighted by atomic mass is 9.83. The Morgan fingerprint density at radius 2 is 1.57 bits per heavy atom. The fourth-order valence-corrected chi connectivity index (χ4v) is 4.57. The van der Waals surface area contributed by atoms with Crippen LogP contribution in [-0.2, 0) is 34.5 Å². The zero-order chi connectivity index (χ0) is 26.7. The molecule has 0 saturated carbocycles. The number of methoxy groups -OCH3 is 1. The van der Waals surface area contributed by atoms with Crippen molar-refractivity contribution in [2.24, 2.45) is 0 Å². The number of Topliss-reactive ketones (excluding diaryl/α,β-unsaturated/α-hetero) is 1. The van der Waals surface area contributed by atoms with Gasteiger partial charge in [-0.15, -0.1) is 0 Å². The van der Waals surface area contributed by atoms with Crippen LogP contribution in [0, 0.1) is 5.41 Å². The summed E-state index contributed by atoms with van der Waals surface area (Å²) in [5.41, 5.74) is 4.18. The summed E-state index contributed by atoms with van der Waals surface area (Å²) in [7, 11) is 1.33. The zero-order valence-electron chi connectivity index (χ0n) is 21.7. The lowest BCUT2D eigenvalue weighted by molar-refractivity contribution is -0.140. The molecule has 0 unspecified atom stereocenters. The number of para-hydroxylation sites is 2. The van der Waals surface area contributed by atoms with Crippen molar-refractivity contribution in [3.63, 3.8) is 0 Å². The molecule has 1 heterocycles. The van der Waals surface area contributed by atoms with Crippen molar-refractivity contribution in [3.8, 4) is 5.75 Å². The van der Waals surface area contributed by atoms with Crippen LogP contribution in [0.3, 0.4) is 0 Å². The van der Waals surface area contributed by atoms with Gasteiger partial charge in [0.2, 0.25) is 5.62 Å². The minimum Gasteiger partial charge on any atom is -0.507 e. The first-order valence-corrected chi connectivity index (χ1v) is 12.3. The first kappa shape index (κ1) is 25.9. The number of aromatic nitrogens is 2. The molecule has 0 amide bonds. The van der Waals surface area contributed by atoms with E-state index >= 15 is 0 Å². The quantitative estimate of drug-likeness (QED) is 0.264. The first-order chi connectivity index (χ1) is 17.6. The van der Waals surface area contributed by atoms with Gasteiger partial charge in [-0.1, -0.05) is 63.2 Å². The molecule has 4 rings (SSSR count). The van der Waals surface area contributed by atoms with Gasteiger partial charge in [0.05, 0.1) is 31.2 Å². The molecule has 37 heavy (non-hydrogen) atoms. The maximum atomic E-state index is 13.6. The number of carbonyl (C=O) groups excluding carboxylic acids is 2. The minimum absolute atomic E-state index is 0.0219. The molecule has 0 aliphatic heterocycles. The Morgan fingerprint density at radius 3 is 2.19 bits per heavy atom. The van der Waals surface area contributed by atoms with Crippen LogP contribution in [0.5, 0.6) is 5.75 Å². The lowest BCUT2D eigenvalue weighted by Gasteiger charge is -2.23. The molecular weight excluding hydrogens is 466 g/mol. The van der Waals surface area contributed by atoms with E-state index in [0.717, 1.165) is 16.6 Å². The van der Waals surface area contributed by atoms with Crippen molar-refractivity contribution >= 4 is 22.8 Å². The first-order valence-electron chi connectivity index (χ1n) is 12.3. The van der Waals surface area contributed by atoms with E-state index in [1.807, 2.05) is 79.9 Å². The number of benzene rings is 3.